The van der Waals surface area contributed by atoms with Crippen molar-refractivity contribution in [3.05, 3.63) is 58.7 Å². The molecule has 0 amide bonds. The molecule has 160 valence electrons. The molecule has 0 aromatic carbocycles. The van der Waals surface area contributed by atoms with Crippen LogP contribution in [0.3, 0.4) is 0 Å². The number of Topliss-reactive ketones (excluding diaryl/α,β-unsaturated/α-hetero) is 1. The highest BCUT2D eigenvalue weighted by Gasteiger charge is 2.30. The average molecular weight is 399 g/mol. The number of rotatable bonds is 3. The number of hydrogen-bond acceptors (Lipinski definition) is 3. The van der Waals surface area contributed by atoms with E-state index in [4.69, 9.17) is 4.79 Å². The van der Waals surface area contributed by atoms with Gasteiger partial charge in [0, 0.05) is 11.1 Å². The molecule has 0 fully saturated rings. The van der Waals surface area contributed by atoms with Crippen molar-refractivity contribution in [2.45, 2.75) is 75.2 Å². The molecule has 2 rings (SSSR count). The van der Waals surface area contributed by atoms with Crippen LogP contribution in [0.2, 0.25) is 0 Å². The van der Waals surface area contributed by atoms with E-state index < -0.39 is 0 Å². The van der Waals surface area contributed by atoms with E-state index in [1.165, 1.54) is 6.92 Å². The maximum atomic E-state index is 11.8. The van der Waals surface area contributed by atoms with Crippen LogP contribution in [-0.2, 0) is 14.4 Å². The summed E-state index contributed by atoms with van der Waals surface area (Å²) in [6.45, 7) is 17.5. The van der Waals surface area contributed by atoms with Gasteiger partial charge in [-0.05, 0) is 75.5 Å². The van der Waals surface area contributed by atoms with Crippen LogP contribution >= 0.6 is 0 Å². The van der Waals surface area contributed by atoms with Gasteiger partial charge in [0.1, 0.15) is 6.29 Å². The molecule has 0 saturated heterocycles. The van der Waals surface area contributed by atoms with Crippen LogP contribution in [0.5, 0.6) is 0 Å². The molecular weight excluding hydrogens is 360 g/mol. The van der Waals surface area contributed by atoms with Crippen LogP contribution in [0.15, 0.2) is 58.7 Å². The molecule has 0 spiro atoms. The molecule has 29 heavy (non-hydrogen) atoms. The molecule has 0 heterocycles. The van der Waals surface area contributed by atoms with Crippen molar-refractivity contribution in [1.29, 1.82) is 0 Å². The van der Waals surface area contributed by atoms with Crippen molar-refractivity contribution < 1.29 is 14.4 Å². The molecule has 0 bridgehead atoms. The van der Waals surface area contributed by atoms with E-state index in [0.29, 0.717) is 0 Å². The lowest BCUT2D eigenvalue weighted by Gasteiger charge is -2.29. The molecular formula is C26H38O3. The normalized spacial score (nSPS) is 19.2. The molecule has 0 atom stereocenters. The number of aldehydes is 1. The van der Waals surface area contributed by atoms with Crippen molar-refractivity contribution in [3.63, 3.8) is 0 Å². The van der Waals surface area contributed by atoms with Crippen LogP contribution in [-0.4, -0.2) is 17.9 Å². The number of allylic oxidation sites excluding steroid dienone is 10. The van der Waals surface area contributed by atoms with E-state index in [1.54, 1.807) is 19.1 Å². The van der Waals surface area contributed by atoms with Crippen LogP contribution in [0.1, 0.15) is 75.2 Å². The van der Waals surface area contributed by atoms with Gasteiger partial charge in [-0.2, -0.15) is 0 Å². The molecule has 2 aliphatic carbocycles. The molecule has 0 aliphatic heterocycles. The third-order valence-electron chi connectivity index (χ3n) is 5.05. The van der Waals surface area contributed by atoms with E-state index in [0.717, 1.165) is 41.4 Å². The highest BCUT2D eigenvalue weighted by Crippen LogP contribution is 2.38. The first-order valence-electron chi connectivity index (χ1n) is 10.2. The fourth-order valence-electron chi connectivity index (χ4n) is 4.02. The summed E-state index contributed by atoms with van der Waals surface area (Å²) in [6, 6.07) is 0. The second-order valence-electron chi connectivity index (χ2n) is 8.75. The second-order valence-corrected chi connectivity index (χ2v) is 8.75. The first-order chi connectivity index (χ1) is 13.4. The van der Waals surface area contributed by atoms with Gasteiger partial charge in [-0.25, -0.2) is 0 Å². The van der Waals surface area contributed by atoms with Gasteiger partial charge in [-0.3, -0.25) is 9.59 Å². The summed E-state index contributed by atoms with van der Waals surface area (Å²) in [5, 5.41) is 0. The Labute approximate surface area is 177 Å². The smallest absolute Gasteiger partial charge is 0.182 e. The quantitative estimate of drug-likeness (QED) is 0.402. The zero-order valence-electron chi connectivity index (χ0n) is 19.7. The molecule has 0 aromatic rings. The monoisotopic (exact) mass is 398 g/mol. The van der Waals surface area contributed by atoms with Gasteiger partial charge in [0.15, 0.2) is 11.6 Å². The minimum atomic E-state index is -0.0184. The van der Waals surface area contributed by atoms with E-state index in [2.05, 4.69) is 39.8 Å². The van der Waals surface area contributed by atoms with Crippen LogP contribution < -0.4 is 0 Å². The molecule has 0 N–H and O–H groups in total. The fourth-order valence-corrected chi connectivity index (χ4v) is 4.02. The summed E-state index contributed by atoms with van der Waals surface area (Å²) >= 11 is 0. The molecule has 0 unspecified atom stereocenters. The van der Waals surface area contributed by atoms with Crippen molar-refractivity contribution in [3.8, 4) is 0 Å². The van der Waals surface area contributed by atoms with Gasteiger partial charge in [-0.1, -0.05) is 58.1 Å². The predicted molar refractivity (Wildman–Crippen MR) is 123 cm³/mol. The van der Waals surface area contributed by atoms with E-state index in [-0.39, 0.29) is 22.4 Å². The Morgan fingerprint density at radius 1 is 0.862 bits per heavy atom. The van der Waals surface area contributed by atoms with Gasteiger partial charge in [-0.15, -0.1) is 0 Å². The minimum Gasteiger partial charge on any atom is -0.304 e. The first-order valence-corrected chi connectivity index (χ1v) is 10.2. The molecule has 2 aliphatic rings. The lowest BCUT2D eigenvalue weighted by molar-refractivity contribution is -0.114. The molecule has 0 aromatic heterocycles. The maximum Gasteiger partial charge on any atom is 0.182 e. The molecule has 0 radical (unpaired) electrons. The zero-order valence-corrected chi connectivity index (χ0v) is 19.7. The van der Waals surface area contributed by atoms with Crippen molar-refractivity contribution in [2.24, 2.45) is 10.8 Å². The minimum absolute atomic E-state index is 0.0184. The zero-order chi connectivity index (χ0) is 22.8. The Bertz CT molecular complexity index is 766. The summed E-state index contributed by atoms with van der Waals surface area (Å²) in [4.78, 5) is 32.0. The summed E-state index contributed by atoms with van der Waals surface area (Å²) < 4.78 is 0. The number of hydrogen-bond donors (Lipinski definition) is 0. The maximum absolute atomic E-state index is 11.8. The Balaban J connectivity index is 0.000000481. The fraction of sp³-hybridized carbons (Fsp3) is 0.500. The second kappa shape index (κ2) is 11.6. The largest absolute Gasteiger partial charge is 0.304 e. The number of carbonyl (C=O) groups excluding carboxylic acids is 3. The lowest BCUT2D eigenvalue weighted by atomic mass is 9.74. The first kappa shape index (κ1) is 26.7. The summed E-state index contributed by atoms with van der Waals surface area (Å²) in [7, 11) is 0. The van der Waals surface area contributed by atoms with E-state index in [1.807, 2.05) is 32.9 Å². The van der Waals surface area contributed by atoms with E-state index in [9.17, 15) is 9.59 Å². The molecule has 3 nitrogen and oxygen atoms in total. The number of ketones is 2. The highest BCUT2D eigenvalue weighted by atomic mass is 16.1. The van der Waals surface area contributed by atoms with Gasteiger partial charge in [0.25, 0.3) is 0 Å². The van der Waals surface area contributed by atoms with Crippen LogP contribution in [0.25, 0.3) is 0 Å². The van der Waals surface area contributed by atoms with Gasteiger partial charge in [0.05, 0.1) is 0 Å². The number of carbonyl (C=O) groups is 3. The average Bonchev–Trinajstić information content (AvgIpc) is 2.54. The van der Waals surface area contributed by atoms with Gasteiger partial charge in [0.2, 0.25) is 0 Å². The third-order valence-corrected chi connectivity index (χ3v) is 5.05. The summed E-state index contributed by atoms with van der Waals surface area (Å²) in [5.41, 5.74) is 4.19. The van der Waals surface area contributed by atoms with Crippen LogP contribution in [0.4, 0.5) is 0 Å². The third kappa shape index (κ3) is 7.92. The Morgan fingerprint density at radius 2 is 1.24 bits per heavy atom. The summed E-state index contributed by atoms with van der Waals surface area (Å²) in [5.74, 6) is 0.362. The molecule has 3 heteroatoms. The Hall–Kier alpha value is -2.29. The van der Waals surface area contributed by atoms with Crippen molar-refractivity contribution >= 4 is 17.9 Å². The van der Waals surface area contributed by atoms with Crippen molar-refractivity contribution in [2.75, 3.05) is 0 Å². The van der Waals surface area contributed by atoms with Gasteiger partial charge >= 0.3 is 0 Å². The Morgan fingerprint density at radius 3 is 1.52 bits per heavy atom. The standard InChI is InChI=1S/C13H18O.C11H16O.C2H4O/c1-5-7-11(14)12-10(2)8-6-9-13(12,3)4;1-8-6-5-7-11(3,4)10(8)9(2)12;1-2-3/h5-8H,9H2,1-4H3;5-6H,7H2,1-4H3;2H,1H3. The molecule has 0 saturated carbocycles. The topological polar surface area (TPSA) is 51.2 Å². The lowest BCUT2D eigenvalue weighted by Crippen LogP contribution is -2.23. The SMILES string of the molecule is CC(=O)C1=C(C)C=CCC1(C)C.CC=CC(=O)C1=C(C)C=CCC1(C)C.CC=O. The van der Waals surface area contributed by atoms with Gasteiger partial charge < -0.3 is 4.79 Å². The van der Waals surface area contributed by atoms with Crippen molar-refractivity contribution in [1.82, 2.24) is 0 Å². The highest BCUT2D eigenvalue weighted by molar-refractivity contribution is 6.05. The van der Waals surface area contributed by atoms with E-state index >= 15 is 0 Å². The van der Waals surface area contributed by atoms with Crippen LogP contribution in [0, 0.1) is 10.8 Å². The Kier molecular flexibility index (Phi) is 10.7. The summed E-state index contributed by atoms with van der Waals surface area (Å²) in [6.07, 6.45) is 14.5. The predicted octanol–water partition coefficient (Wildman–Crippen LogP) is 6.52.